The van der Waals surface area contributed by atoms with Gasteiger partial charge in [0.1, 0.15) is 0 Å². The normalized spacial score (nSPS) is 11.0. The summed E-state index contributed by atoms with van der Waals surface area (Å²) in [4.78, 5) is 13.0. The monoisotopic (exact) mass is 427 g/mol. The van der Waals surface area contributed by atoms with Gasteiger partial charge < -0.3 is 5.32 Å². The number of carbonyl (C=O) groups excluding carboxylic acids is 1. The van der Waals surface area contributed by atoms with Crippen molar-refractivity contribution in [3.63, 3.8) is 0 Å². The summed E-state index contributed by atoms with van der Waals surface area (Å²) in [6.45, 7) is 11.3. The highest BCUT2D eigenvalue weighted by Crippen LogP contribution is 2.22. The second-order valence-electron chi connectivity index (χ2n) is 8.43. The Kier molecular flexibility index (Phi) is 5.95. The Balaban J connectivity index is 1.51. The summed E-state index contributed by atoms with van der Waals surface area (Å²) in [5.41, 5.74) is 8.67. The van der Waals surface area contributed by atoms with Crippen molar-refractivity contribution in [3.8, 4) is 0 Å². The Morgan fingerprint density at radius 1 is 0.844 bits per heavy atom. The maximum atomic E-state index is 13.0. The standard InChI is InChI=1S/C26H29N5O/c1-17-8-6-9-22(12-17)16-31-21(5)25(20(4)29-31)27-26(32)24-11-7-10-23(14-24)15-30-19(3)13-18(2)28-30/h6-14H,15-16H2,1-5H3,(H,27,32). The fraction of sp³-hybridized carbons (Fsp3) is 0.269. The van der Waals surface area contributed by atoms with E-state index in [-0.39, 0.29) is 5.91 Å². The van der Waals surface area contributed by atoms with Gasteiger partial charge in [0.25, 0.3) is 5.91 Å². The molecular weight excluding hydrogens is 398 g/mol. The largest absolute Gasteiger partial charge is 0.319 e. The molecule has 164 valence electrons. The van der Waals surface area contributed by atoms with Gasteiger partial charge in [-0.3, -0.25) is 14.2 Å². The third-order valence-corrected chi connectivity index (χ3v) is 5.66. The molecule has 0 saturated heterocycles. The quantitative estimate of drug-likeness (QED) is 0.472. The molecule has 0 spiro atoms. The van der Waals surface area contributed by atoms with E-state index in [0.717, 1.165) is 34.0 Å². The van der Waals surface area contributed by atoms with Crippen LogP contribution in [0.5, 0.6) is 0 Å². The Morgan fingerprint density at radius 3 is 2.22 bits per heavy atom. The van der Waals surface area contributed by atoms with E-state index in [0.29, 0.717) is 18.7 Å². The summed E-state index contributed by atoms with van der Waals surface area (Å²) < 4.78 is 3.90. The predicted octanol–water partition coefficient (Wildman–Crippen LogP) is 4.97. The lowest BCUT2D eigenvalue weighted by Gasteiger charge is -2.09. The second kappa shape index (κ2) is 8.83. The summed E-state index contributed by atoms with van der Waals surface area (Å²) in [6, 6.07) is 18.1. The van der Waals surface area contributed by atoms with Crippen LogP contribution >= 0.6 is 0 Å². The average Bonchev–Trinajstić information content (AvgIpc) is 3.20. The first-order valence-corrected chi connectivity index (χ1v) is 10.8. The van der Waals surface area contributed by atoms with Gasteiger partial charge in [0.05, 0.1) is 35.9 Å². The van der Waals surface area contributed by atoms with Crippen LogP contribution in [0.25, 0.3) is 0 Å². The highest BCUT2D eigenvalue weighted by molar-refractivity contribution is 6.05. The van der Waals surface area contributed by atoms with Crippen molar-refractivity contribution in [2.75, 3.05) is 5.32 Å². The van der Waals surface area contributed by atoms with E-state index in [1.807, 2.05) is 61.3 Å². The van der Waals surface area contributed by atoms with Crippen molar-refractivity contribution >= 4 is 11.6 Å². The van der Waals surface area contributed by atoms with Crippen LogP contribution in [-0.4, -0.2) is 25.5 Å². The van der Waals surface area contributed by atoms with Gasteiger partial charge in [0, 0.05) is 11.3 Å². The minimum absolute atomic E-state index is 0.137. The zero-order valence-electron chi connectivity index (χ0n) is 19.3. The van der Waals surface area contributed by atoms with Crippen LogP contribution in [-0.2, 0) is 13.1 Å². The van der Waals surface area contributed by atoms with Crippen molar-refractivity contribution in [1.29, 1.82) is 0 Å². The van der Waals surface area contributed by atoms with E-state index in [1.165, 1.54) is 11.1 Å². The van der Waals surface area contributed by atoms with Gasteiger partial charge in [0.15, 0.2) is 0 Å². The number of benzene rings is 2. The molecule has 0 unspecified atom stereocenters. The summed E-state index contributed by atoms with van der Waals surface area (Å²) in [7, 11) is 0. The van der Waals surface area contributed by atoms with E-state index in [9.17, 15) is 4.79 Å². The molecule has 0 bridgehead atoms. The fourth-order valence-electron chi connectivity index (χ4n) is 4.02. The molecule has 0 fully saturated rings. The third kappa shape index (κ3) is 4.64. The molecule has 6 heteroatoms. The van der Waals surface area contributed by atoms with E-state index < -0.39 is 0 Å². The number of carbonyl (C=O) groups is 1. The van der Waals surface area contributed by atoms with E-state index >= 15 is 0 Å². The maximum absolute atomic E-state index is 13.0. The highest BCUT2D eigenvalue weighted by atomic mass is 16.1. The zero-order chi connectivity index (χ0) is 22.8. The molecule has 6 nitrogen and oxygen atoms in total. The molecule has 0 aliphatic rings. The van der Waals surface area contributed by atoms with Crippen molar-refractivity contribution in [1.82, 2.24) is 19.6 Å². The Morgan fingerprint density at radius 2 is 1.53 bits per heavy atom. The van der Waals surface area contributed by atoms with Crippen molar-refractivity contribution < 1.29 is 4.79 Å². The summed E-state index contributed by atoms with van der Waals surface area (Å²) in [6.07, 6.45) is 0. The Hall–Kier alpha value is -3.67. The smallest absolute Gasteiger partial charge is 0.255 e. The topological polar surface area (TPSA) is 64.7 Å². The number of amides is 1. The van der Waals surface area contributed by atoms with Gasteiger partial charge in [-0.2, -0.15) is 10.2 Å². The molecule has 0 radical (unpaired) electrons. The van der Waals surface area contributed by atoms with E-state index in [4.69, 9.17) is 0 Å². The number of nitrogens with zero attached hydrogens (tertiary/aromatic N) is 4. The molecule has 2 aromatic carbocycles. The first-order chi connectivity index (χ1) is 15.3. The summed E-state index contributed by atoms with van der Waals surface area (Å²) in [5.74, 6) is -0.137. The van der Waals surface area contributed by atoms with E-state index in [2.05, 4.69) is 52.8 Å². The van der Waals surface area contributed by atoms with Crippen LogP contribution in [0.3, 0.4) is 0 Å². The third-order valence-electron chi connectivity index (χ3n) is 5.66. The number of anilines is 1. The van der Waals surface area contributed by atoms with Crippen molar-refractivity contribution in [2.45, 2.75) is 47.7 Å². The van der Waals surface area contributed by atoms with Gasteiger partial charge in [-0.25, -0.2) is 0 Å². The predicted molar refractivity (Wildman–Crippen MR) is 127 cm³/mol. The lowest BCUT2D eigenvalue weighted by atomic mass is 10.1. The van der Waals surface area contributed by atoms with Crippen LogP contribution < -0.4 is 5.32 Å². The molecule has 1 N–H and O–H groups in total. The number of nitrogens with one attached hydrogen (secondary N) is 1. The Labute approximate surface area is 188 Å². The lowest BCUT2D eigenvalue weighted by molar-refractivity contribution is 0.102. The number of aryl methyl sites for hydroxylation is 4. The molecule has 0 aliphatic carbocycles. The van der Waals surface area contributed by atoms with Gasteiger partial charge in [0.2, 0.25) is 0 Å². The second-order valence-corrected chi connectivity index (χ2v) is 8.43. The fourth-order valence-corrected chi connectivity index (χ4v) is 4.02. The van der Waals surface area contributed by atoms with Crippen molar-refractivity contribution in [3.05, 3.63) is 99.6 Å². The molecule has 4 aromatic rings. The van der Waals surface area contributed by atoms with Crippen LogP contribution in [0.2, 0.25) is 0 Å². The molecule has 4 rings (SSSR count). The average molecular weight is 428 g/mol. The number of hydrogen-bond acceptors (Lipinski definition) is 3. The van der Waals surface area contributed by atoms with Crippen molar-refractivity contribution in [2.24, 2.45) is 0 Å². The molecule has 0 saturated carbocycles. The van der Waals surface area contributed by atoms with Crippen LogP contribution in [0.1, 0.15) is 49.8 Å². The highest BCUT2D eigenvalue weighted by Gasteiger charge is 2.16. The number of hydrogen-bond donors (Lipinski definition) is 1. The summed E-state index contributed by atoms with van der Waals surface area (Å²) >= 11 is 0. The van der Waals surface area contributed by atoms with Gasteiger partial charge >= 0.3 is 0 Å². The zero-order valence-corrected chi connectivity index (χ0v) is 19.3. The van der Waals surface area contributed by atoms with E-state index in [1.54, 1.807) is 0 Å². The number of rotatable bonds is 6. The molecule has 32 heavy (non-hydrogen) atoms. The minimum Gasteiger partial charge on any atom is -0.319 e. The summed E-state index contributed by atoms with van der Waals surface area (Å²) in [5, 5.41) is 12.3. The molecule has 0 aliphatic heterocycles. The molecule has 2 heterocycles. The van der Waals surface area contributed by atoms with Gasteiger partial charge in [-0.1, -0.05) is 42.0 Å². The maximum Gasteiger partial charge on any atom is 0.255 e. The van der Waals surface area contributed by atoms with Crippen LogP contribution in [0.15, 0.2) is 54.6 Å². The molecule has 2 aromatic heterocycles. The van der Waals surface area contributed by atoms with Gasteiger partial charge in [-0.05, 0) is 63.9 Å². The SMILES string of the molecule is Cc1cccc(Cn2nc(C)c(NC(=O)c3cccc(Cn4nc(C)cc4C)c3)c2C)c1. The molecular formula is C26H29N5O. The lowest BCUT2D eigenvalue weighted by Crippen LogP contribution is -2.14. The van der Waals surface area contributed by atoms with Crippen LogP contribution in [0.4, 0.5) is 5.69 Å². The first kappa shape index (κ1) is 21.6. The Bertz CT molecular complexity index is 1280. The molecule has 1 amide bonds. The van der Waals surface area contributed by atoms with Crippen LogP contribution in [0, 0.1) is 34.6 Å². The first-order valence-electron chi connectivity index (χ1n) is 10.8. The number of aromatic nitrogens is 4. The van der Waals surface area contributed by atoms with Gasteiger partial charge in [-0.15, -0.1) is 0 Å². The molecule has 0 atom stereocenters. The minimum atomic E-state index is -0.137.